The highest BCUT2D eigenvalue weighted by Crippen LogP contribution is 2.44. The standard InChI is InChI=1S/C44H53N9O11S.CH4/c1-52(29-40-49-35-9-3-4-10-36(35)50-40)43(57)30-12-14-34-33(24-30)28-53(44(58)37(48-34)25-41(54)55)17-7-19-63-21-23-64-22-20-62-18-6-16-45-42(56)32-13-15-39(46-26-32)51-47-27-31-8-2-5-11-38(31)65(59,60)61;/h2-5,8-15,24,26-27,37,48,59-61H,6-7,16-23,25,28-29H2,1H3,(H,45,56)(H,46,51)(H,49,50)(H,54,55);1H4/b47-27+;/t37-;/m0./s1. The molecule has 21 heteroatoms. The molecule has 1 aliphatic rings. The number of carboxylic acids is 1. The van der Waals surface area contributed by atoms with Gasteiger partial charge in [-0.05, 0) is 66.9 Å². The van der Waals surface area contributed by atoms with Crippen LogP contribution in [0.2, 0.25) is 0 Å². The summed E-state index contributed by atoms with van der Waals surface area (Å²) in [7, 11) is -2.22. The number of aromatic nitrogens is 3. The molecule has 0 spiro atoms. The average Bonchev–Trinajstić information content (AvgIpc) is 3.65. The molecule has 2 aromatic heterocycles. The lowest BCUT2D eigenvalue weighted by Gasteiger charge is -2.24. The number of nitrogens with zero attached hydrogens (tertiary/aromatic N) is 5. The van der Waals surface area contributed by atoms with Crippen LogP contribution in [0.4, 0.5) is 11.5 Å². The van der Waals surface area contributed by atoms with E-state index in [2.05, 4.69) is 36.1 Å². The van der Waals surface area contributed by atoms with Crippen molar-refractivity contribution in [3.05, 3.63) is 113 Å². The number of ether oxygens (including phenoxy) is 3. The summed E-state index contributed by atoms with van der Waals surface area (Å²) in [5.74, 6) is -0.987. The van der Waals surface area contributed by atoms with Gasteiger partial charge >= 0.3 is 5.97 Å². The van der Waals surface area contributed by atoms with Gasteiger partial charge < -0.3 is 58.4 Å². The highest BCUT2D eigenvalue weighted by atomic mass is 32.3. The predicted octanol–water partition coefficient (Wildman–Crippen LogP) is 5.75. The first-order valence-corrected chi connectivity index (χ1v) is 22.3. The van der Waals surface area contributed by atoms with E-state index >= 15 is 0 Å². The van der Waals surface area contributed by atoms with Crippen molar-refractivity contribution in [2.75, 3.05) is 70.5 Å². The Morgan fingerprint density at radius 3 is 2.33 bits per heavy atom. The van der Waals surface area contributed by atoms with E-state index in [1.54, 1.807) is 65.4 Å². The fourth-order valence-corrected chi connectivity index (χ4v) is 7.53. The number of carbonyl (C=O) groups is 4. The van der Waals surface area contributed by atoms with Crippen molar-refractivity contribution in [1.29, 1.82) is 0 Å². The molecule has 354 valence electrons. The second-order valence-corrected chi connectivity index (χ2v) is 16.4. The fourth-order valence-electron chi connectivity index (χ4n) is 6.83. The molecule has 1 atom stereocenters. The molecule has 0 aliphatic carbocycles. The van der Waals surface area contributed by atoms with Gasteiger partial charge in [-0.25, -0.2) is 9.97 Å². The minimum absolute atomic E-state index is 0. The number of pyridine rings is 1. The Morgan fingerprint density at radius 2 is 1.62 bits per heavy atom. The van der Waals surface area contributed by atoms with Gasteiger partial charge in [-0.1, -0.05) is 37.8 Å². The minimum Gasteiger partial charge on any atom is -0.481 e. The largest absolute Gasteiger partial charge is 0.481 e. The number of fused-ring (bicyclic) bond motifs is 2. The summed E-state index contributed by atoms with van der Waals surface area (Å²) in [6.45, 7) is 3.28. The Hall–Kier alpha value is -6.46. The van der Waals surface area contributed by atoms with Gasteiger partial charge in [0.1, 0.15) is 28.6 Å². The predicted molar refractivity (Wildman–Crippen MR) is 250 cm³/mol. The molecule has 0 radical (unpaired) electrons. The molecule has 0 unspecified atom stereocenters. The number of para-hydroxylation sites is 2. The van der Waals surface area contributed by atoms with Crippen LogP contribution in [0.3, 0.4) is 0 Å². The molecule has 3 amide bonds. The first-order valence-electron chi connectivity index (χ1n) is 20.8. The number of carboxylic acid groups (broad SMARTS) is 1. The SMILES string of the molecule is C.CN(Cc1nc2ccccc2[nH]1)C(=O)c1ccc2c(c1)CN(CCCOCCOCCOCCCNC(=O)c1ccc(N/N=C/c3ccccc3S(O)(O)O)nc1)C(=O)[C@H](CC(=O)O)N2. The summed E-state index contributed by atoms with van der Waals surface area (Å²) in [5, 5.41) is 19.4. The first kappa shape index (κ1) is 50.5. The van der Waals surface area contributed by atoms with Crippen LogP contribution >= 0.6 is 10.9 Å². The number of benzene rings is 3. The molecule has 20 nitrogen and oxygen atoms in total. The van der Waals surface area contributed by atoms with Crippen molar-refractivity contribution in [3.63, 3.8) is 0 Å². The number of aromatic amines is 1. The van der Waals surface area contributed by atoms with Crippen molar-refractivity contribution in [1.82, 2.24) is 30.1 Å². The highest BCUT2D eigenvalue weighted by Gasteiger charge is 2.31. The first-order chi connectivity index (χ1) is 31.4. The fraction of sp³-hybridized carbons (Fsp3) is 0.356. The van der Waals surface area contributed by atoms with Gasteiger partial charge in [-0.15, -0.1) is 0 Å². The number of imidazole rings is 1. The molecule has 1 aliphatic heterocycles. The van der Waals surface area contributed by atoms with Gasteiger partial charge in [0.05, 0.1) is 67.1 Å². The lowest BCUT2D eigenvalue weighted by atomic mass is 10.1. The van der Waals surface area contributed by atoms with Crippen LogP contribution in [0.5, 0.6) is 0 Å². The quantitative estimate of drug-likeness (QED) is 0.0208. The smallest absolute Gasteiger partial charge is 0.305 e. The number of hydrogen-bond donors (Lipinski definition) is 8. The Bertz CT molecular complexity index is 2400. The van der Waals surface area contributed by atoms with Crippen molar-refractivity contribution in [2.24, 2.45) is 5.10 Å². The van der Waals surface area contributed by atoms with Crippen molar-refractivity contribution in [3.8, 4) is 0 Å². The van der Waals surface area contributed by atoms with E-state index in [-0.39, 0.29) is 43.1 Å². The van der Waals surface area contributed by atoms with Crippen molar-refractivity contribution < 1.29 is 52.2 Å². The lowest BCUT2D eigenvalue weighted by Crippen LogP contribution is -2.42. The van der Waals surface area contributed by atoms with Crippen LogP contribution in [0, 0.1) is 0 Å². The minimum atomic E-state index is -3.91. The third kappa shape index (κ3) is 14.8. The molecule has 8 N–H and O–H groups in total. The van der Waals surface area contributed by atoms with E-state index in [0.717, 1.165) is 11.0 Å². The van der Waals surface area contributed by atoms with Crippen molar-refractivity contribution in [2.45, 2.75) is 50.7 Å². The molecule has 0 fully saturated rings. The summed E-state index contributed by atoms with van der Waals surface area (Å²) < 4.78 is 45.7. The second kappa shape index (κ2) is 24.7. The molecule has 0 saturated carbocycles. The number of carbonyl (C=O) groups excluding carboxylic acids is 3. The van der Waals surface area contributed by atoms with Gasteiger partial charge in [0.2, 0.25) is 5.91 Å². The van der Waals surface area contributed by atoms with Crippen LogP contribution < -0.4 is 16.1 Å². The zero-order valence-electron chi connectivity index (χ0n) is 35.7. The third-order valence-electron chi connectivity index (χ3n) is 10.0. The summed E-state index contributed by atoms with van der Waals surface area (Å²) in [5.41, 5.74) is 6.76. The molecule has 3 heterocycles. The Morgan fingerprint density at radius 1 is 0.924 bits per heavy atom. The highest BCUT2D eigenvalue weighted by molar-refractivity contribution is 8.19. The molecule has 66 heavy (non-hydrogen) atoms. The zero-order chi connectivity index (χ0) is 46.2. The zero-order valence-corrected chi connectivity index (χ0v) is 36.5. The number of aliphatic carboxylic acids is 1. The van der Waals surface area contributed by atoms with E-state index < -0.39 is 29.3 Å². The maximum absolute atomic E-state index is 13.5. The van der Waals surface area contributed by atoms with Gasteiger partial charge in [-0.3, -0.25) is 24.6 Å². The van der Waals surface area contributed by atoms with Crippen LogP contribution in [0.25, 0.3) is 11.0 Å². The summed E-state index contributed by atoms with van der Waals surface area (Å²) in [6, 6.07) is 21.1. The van der Waals surface area contributed by atoms with Crippen LogP contribution in [0.15, 0.2) is 95.1 Å². The van der Waals surface area contributed by atoms with E-state index in [1.807, 2.05) is 24.3 Å². The Labute approximate surface area is 383 Å². The number of anilines is 2. The molecule has 5 aromatic rings. The second-order valence-electron chi connectivity index (χ2n) is 14.9. The molecular formula is C45H57N9O11S. The van der Waals surface area contributed by atoms with Gasteiger partial charge in [0.15, 0.2) is 0 Å². The Kier molecular flexibility index (Phi) is 18.9. The number of amides is 3. The van der Waals surface area contributed by atoms with Gasteiger partial charge in [0, 0.05) is 62.9 Å². The third-order valence-corrected chi connectivity index (χ3v) is 11.0. The number of hydrogen-bond acceptors (Lipinski definition) is 15. The molecule has 0 saturated heterocycles. The lowest BCUT2D eigenvalue weighted by molar-refractivity contribution is -0.141. The number of rotatable bonds is 24. The van der Waals surface area contributed by atoms with E-state index in [4.69, 9.17) is 14.2 Å². The number of hydrazone groups is 1. The average molecular weight is 932 g/mol. The van der Waals surface area contributed by atoms with E-state index in [9.17, 15) is 37.9 Å². The number of nitrogens with one attached hydrogen (secondary N) is 4. The maximum atomic E-state index is 13.5. The molecular weight excluding hydrogens is 875 g/mol. The van der Waals surface area contributed by atoms with Crippen molar-refractivity contribution >= 4 is 63.3 Å². The Balaban J connectivity index is 0.00000817. The summed E-state index contributed by atoms with van der Waals surface area (Å²) >= 11 is 0. The molecule has 6 rings (SSSR count). The maximum Gasteiger partial charge on any atom is 0.305 e. The summed E-state index contributed by atoms with van der Waals surface area (Å²) in [4.78, 5) is 66.2. The normalized spacial score (nSPS) is 14.0. The summed E-state index contributed by atoms with van der Waals surface area (Å²) in [6.07, 6.45) is 3.38. The van der Waals surface area contributed by atoms with Crippen LogP contribution in [0.1, 0.15) is 64.4 Å². The van der Waals surface area contributed by atoms with Crippen LogP contribution in [-0.2, 0) is 36.9 Å². The van der Waals surface area contributed by atoms with Crippen LogP contribution in [-0.4, -0.2) is 139 Å². The molecule has 3 aromatic carbocycles. The number of H-pyrrole nitrogens is 1. The topological polar surface area (TPSA) is 273 Å². The monoisotopic (exact) mass is 931 g/mol. The van der Waals surface area contributed by atoms with Gasteiger partial charge in [-0.2, -0.15) is 5.10 Å². The van der Waals surface area contributed by atoms with Gasteiger partial charge in [0.25, 0.3) is 11.8 Å². The van der Waals surface area contributed by atoms with E-state index in [1.165, 1.54) is 18.5 Å². The molecule has 0 bridgehead atoms. The van der Waals surface area contributed by atoms with E-state index in [0.29, 0.717) is 105 Å².